The van der Waals surface area contributed by atoms with Crippen LogP contribution in [0.3, 0.4) is 0 Å². The lowest BCUT2D eigenvalue weighted by atomic mass is 9.99. The molecule has 5 nitrogen and oxygen atoms in total. The van der Waals surface area contributed by atoms with Gasteiger partial charge in [0.05, 0.1) is 17.9 Å². The average Bonchev–Trinajstić information content (AvgIpc) is 2.63. The predicted molar refractivity (Wildman–Crippen MR) is 103 cm³/mol. The van der Waals surface area contributed by atoms with E-state index in [-0.39, 0.29) is 6.04 Å². The van der Waals surface area contributed by atoms with E-state index in [4.69, 9.17) is 0 Å². The smallest absolute Gasteiger partial charge is 0.208 e. The Morgan fingerprint density at radius 1 is 1.12 bits per heavy atom. The quantitative estimate of drug-likeness (QED) is 0.879. The van der Waals surface area contributed by atoms with Crippen LogP contribution in [0, 0.1) is 11.3 Å². The number of hydrogen-bond acceptors (Lipinski definition) is 4. The summed E-state index contributed by atoms with van der Waals surface area (Å²) in [5.74, 6) is 0. The third-order valence-corrected chi connectivity index (χ3v) is 5.45. The zero-order valence-electron chi connectivity index (χ0n) is 14.9. The fourth-order valence-corrected chi connectivity index (χ4v) is 4.23. The van der Waals surface area contributed by atoms with Crippen molar-refractivity contribution in [2.75, 3.05) is 19.3 Å². The number of nitriles is 1. The molecule has 1 fully saturated rings. The standard InChI is InChI=1S/C20H23N3O2S/c1-26(24,25)22-19-10-12-23(13-11-19)15-16-6-8-17(9-7-16)20-5-3-2-4-18(20)14-21/h2-9,19,22H,10-13,15H2,1H3. The van der Waals surface area contributed by atoms with Gasteiger partial charge in [0.2, 0.25) is 10.0 Å². The zero-order valence-corrected chi connectivity index (χ0v) is 15.7. The minimum atomic E-state index is -3.13. The number of rotatable bonds is 5. The highest BCUT2D eigenvalue weighted by Gasteiger charge is 2.21. The van der Waals surface area contributed by atoms with Crippen molar-refractivity contribution in [1.29, 1.82) is 5.26 Å². The fraction of sp³-hybridized carbons (Fsp3) is 0.350. The van der Waals surface area contributed by atoms with Crippen LogP contribution in [-0.2, 0) is 16.6 Å². The lowest BCUT2D eigenvalue weighted by molar-refractivity contribution is 0.200. The van der Waals surface area contributed by atoms with Crippen LogP contribution in [-0.4, -0.2) is 38.7 Å². The van der Waals surface area contributed by atoms with Gasteiger partial charge in [-0.25, -0.2) is 13.1 Å². The molecular formula is C20H23N3O2S. The molecule has 0 aliphatic carbocycles. The Bertz CT molecular complexity index is 893. The van der Waals surface area contributed by atoms with E-state index in [9.17, 15) is 13.7 Å². The van der Waals surface area contributed by atoms with Crippen LogP contribution >= 0.6 is 0 Å². The summed E-state index contributed by atoms with van der Waals surface area (Å²) in [6.07, 6.45) is 2.88. The molecule has 2 aromatic carbocycles. The molecule has 1 aliphatic heterocycles. The maximum atomic E-state index is 11.3. The Morgan fingerprint density at radius 3 is 2.38 bits per heavy atom. The maximum absolute atomic E-state index is 11.3. The third-order valence-electron chi connectivity index (χ3n) is 4.69. The highest BCUT2D eigenvalue weighted by molar-refractivity contribution is 7.88. The summed E-state index contributed by atoms with van der Waals surface area (Å²) in [5.41, 5.74) is 3.90. The van der Waals surface area contributed by atoms with Gasteiger partial charge >= 0.3 is 0 Å². The molecule has 2 aromatic rings. The molecule has 1 saturated heterocycles. The van der Waals surface area contributed by atoms with E-state index < -0.39 is 10.0 Å². The van der Waals surface area contributed by atoms with Crippen molar-refractivity contribution < 1.29 is 8.42 Å². The van der Waals surface area contributed by atoms with E-state index in [1.807, 2.05) is 24.3 Å². The van der Waals surface area contributed by atoms with Gasteiger partial charge in [-0.15, -0.1) is 0 Å². The number of benzene rings is 2. The second-order valence-electron chi connectivity index (χ2n) is 6.79. The maximum Gasteiger partial charge on any atom is 0.208 e. The van der Waals surface area contributed by atoms with Gasteiger partial charge in [-0.05, 0) is 35.6 Å². The van der Waals surface area contributed by atoms with Gasteiger partial charge in [-0.2, -0.15) is 5.26 Å². The average molecular weight is 369 g/mol. The summed E-state index contributed by atoms with van der Waals surface area (Å²) in [4.78, 5) is 2.35. The summed E-state index contributed by atoms with van der Waals surface area (Å²) < 4.78 is 25.3. The Kier molecular flexibility index (Phi) is 5.72. The normalized spacial score (nSPS) is 16.3. The zero-order chi connectivity index (χ0) is 18.6. The van der Waals surface area contributed by atoms with E-state index in [1.165, 1.54) is 11.8 Å². The van der Waals surface area contributed by atoms with Crippen molar-refractivity contribution in [2.45, 2.75) is 25.4 Å². The van der Waals surface area contributed by atoms with Gasteiger partial charge in [0.25, 0.3) is 0 Å². The van der Waals surface area contributed by atoms with Gasteiger partial charge in [0.15, 0.2) is 0 Å². The summed E-state index contributed by atoms with van der Waals surface area (Å²) in [6.45, 7) is 2.62. The molecule has 26 heavy (non-hydrogen) atoms. The van der Waals surface area contributed by atoms with E-state index in [2.05, 4.69) is 40.0 Å². The first kappa shape index (κ1) is 18.6. The number of sulfonamides is 1. The molecule has 0 saturated carbocycles. The molecule has 1 aliphatic rings. The second kappa shape index (κ2) is 8.00. The van der Waals surface area contributed by atoms with Crippen LogP contribution in [0.15, 0.2) is 48.5 Å². The molecule has 0 atom stereocenters. The lowest BCUT2D eigenvalue weighted by Crippen LogP contribution is -2.43. The van der Waals surface area contributed by atoms with Crippen LogP contribution in [0.2, 0.25) is 0 Å². The van der Waals surface area contributed by atoms with E-state index >= 15 is 0 Å². The largest absolute Gasteiger partial charge is 0.299 e. The molecule has 1 N–H and O–H groups in total. The Balaban J connectivity index is 1.60. The topological polar surface area (TPSA) is 73.2 Å². The highest BCUT2D eigenvalue weighted by Crippen LogP contribution is 2.24. The van der Waals surface area contributed by atoms with Crippen molar-refractivity contribution in [2.24, 2.45) is 0 Å². The number of likely N-dealkylation sites (tertiary alicyclic amines) is 1. The number of nitrogens with zero attached hydrogens (tertiary/aromatic N) is 2. The number of piperidine rings is 1. The van der Waals surface area contributed by atoms with Gasteiger partial charge in [-0.1, -0.05) is 42.5 Å². The molecule has 0 unspecified atom stereocenters. The minimum Gasteiger partial charge on any atom is -0.299 e. The molecule has 0 spiro atoms. The highest BCUT2D eigenvalue weighted by atomic mass is 32.2. The molecule has 6 heteroatoms. The molecule has 0 bridgehead atoms. The van der Waals surface area contributed by atoms with Crippen molar-refractivity contribution in [3.8, 4) is 17.2 Å². The first-order chi connectivity index (χ1) is 12.4. The van der Waals surface area contributed by atoms with Crippen LogP contribution in [0.4, 0.5) is 0 Å². The summed E-state index contributed by atoms with van der Waals surface area (Å²) in [7, 11) is -3.13. The first-order valence-corrected chi connectivity index (χ1v) is 10.6. The molecule has 136 valence electrons. The Labute approximate surface area is 155 Å². The first-order valence-electron chi connectivity index (χ1n) is 8.73. The lowest BCUT2D eigenvalue weighted by Gasteiger charge is -2.32. The third kappa shape index (κ3) is 4.92. The van der Waals surface area contributed by atoms with Gasteiger partial charge in [-0.3, -0.25) is 4.90 Å². The Morgan fingerprint density at radius 2 is 1.77 bits per heavy atom. The van der Waals surface area contributed by atoms with Gasteiger partial charge < -0.3 is 0 Å². The van der Waals surface area contributed by atoms with Gasteiger partial charge in [0, 0.05) is 25.7 Å². The molecule has 0 amide bonds. The number of nitrogens with one attached hydrogen (secondary N) is 1. The predicted octanol–water partition coefficient (Wildman–Crippen LogP) is 2.74. The minimum absolute atomic E-state index is 0.0473. The van der Waals surface area contributed by atoms with Crippen molar-refractivity contribution >= 4 is 10.0 Å². The van der Waals surface area contributed by atoms with Crippen LogP contribution < -0.4 is 4.72 Å². The van der Waals surface area contributed by atoms with Crippen molar-refractivity contribution in [1.82, 2.24) is 9.62 Å². The van der Waals surface area contributed by atoms with E-state index in [0.717, 1.165) is 43.6 Å². The molecular weight excluding hydrogens is 346 g/mol. The number of hydrogen-bond donors (Lipinski definition) is 1. The van der Waals surface area contributed by atoms with E-state index in [1.54, 1.807) is 0 Å². The fourth-order valence-electron chi connectivity index (χ4n) is 3.39. The molecule has 3 rings (SSSR count). The van der Waals surface area contributed by atoms with Crippen LogP contribution in [0.25, 0.3) is 11.1 Å². The Hall–Kier alpha value is -2.20. The SMILES string of the molecule is CS(=O)(=O)NC1CCN(Cc2ccc(-c3ccccc3C#N)cc2)CC1. The summed E-state index contributed by atoms with van der Waals surface area (Å²) in [5, 5.41) is 9.24. The van der Waals surface area contributed by atoms with Crippen LogP contribution in [0.1, 0.15) is 24.0 Å². The molecule has 1 heterocycles. The van der Waals surface area contributed by atoms with Crippen LogP contribution in [0.5, 0.6) is 0 Å². The van der Waals surface area contributed by atoms with Gasteiger partial charge in [0.1, 0.15) is 0 Å². The monoisotopic (exact) mass is 369 g/mol. The van der Waals surface area contributed by atoms with Crippen molar-refractivity contribution in [3.05, 3.63) is 59.7 Å². The molecule has 0 aromatic heterocycles. The van der Waals surface area contributed by atoms with E-state index in [0.29, 0.717) is 5.56 Å². The van der Waals surface area contributed by atoms with Crippen molar-refractivity contribution in [3.63, 3.8) is 0 Å². The molecule has 0 radical (unpaired) electrons. The second-order valence-corrected chi connectivity index (χ2v) is 8.57. The summed E-state index contributed by atoms with van der Waals surface area (Å²) >= 11 is 0. The summed E-state index contributed by atoms with van der Waals surface area (Å²) in [6, 6.07) is 18.2.